The summed E-state index contributed by atoms with van der Waals surface area (Å²) in [6.07, 6.45) is 13.2. The molecular weight excluding hydrogens is 354 g/mol. The van der Waals surface area contributed by atoms with Gasteiger partial charge >= 0.3 is 0 Å². The third-order valence-corrected chi connectivity index (χ3v) is 8.22. The molecule has 4 unspecified atom stereocenters. The van der Waals surface area contributed by atoms with E-state index in [4.69, 9.17) is 4.74 Å². The van der Waals surface area contributed by atoms with Crippen LogP contribution in [-0.4, -0.2) is 12.7 Å². The van der Waals surface area contributed by atoms with Crippen LogP contribution in [0.2, 0.25) is 0 Å². The largest absolute Gasteiger partial charge is 0.378 e. The van der Waals surface area contributed by atoms with Crippen molar-refractivity contribution in [1.29, 1.82) is 0 Å². The zero-order chi connectivity index (χ0) is 19.7. The summed E-state index contributed by atoms with van der Waals surface area (Å²) in [7, 11) is 0. The molecule has 156 valence electrons. The van der Waals surface area contributed by atoms with Crippen LogP contribution in [0.1, 0.15) is 88.2 Å². The van der Waals surface area contributed by atoms with Crippen LogP contribution >= 0.6 is 0 Å². The van der Waals surface area contributed by atoms with E-state index >= 15 is 0 Å². The van der Waals surface area contributed by atoms with Crippen LogP contribution in [-0.2, 0) is 4.74 Å². The first kappa shape index (κ1) is 20.3. The Hall–Kier alpha value is -0.960. The fourth-order valence-electron chi connectivity index (χ4n) is 6.52. The summed E-state index contributed by atoms with van der Waals surface area (Å²) < 4.78 is 33.8. The SMILES string of the molecule is CCOC1CCC2CC(C3CCC(c4cc(F)c(C)c(F)c4)CC3)CCC2C1. The summed E-state index contributed by atoms with van der Waals surface area (Å²) >= 11 is 0. The van der Waals surface area contributed by atoms with Gasteiger partial charge in [0.25, 0.3) is 0 Å². The lowest BCUT2D eigenvalue weighted by Gasteiger charge is -2.45. The van der Waals surface area contributed by atoms with Crippen LogP contribution in [0.5, 0.6) is 0 Å². The van der Waals surface area contributed by atoms with Gasteiger partial charge < -0.3 is 4.74 Å². The highest BCUT2D eigenvalue weighted by molar-refractivity contribution is 5.28. The van der Waals surface area contributed by atoms with Crippen molar-refractivity contribution in [1.82, 2.24) is 0 Å². The van der Waals surface area contributed by atoms with Crippen LogP contribution in [0.15, 0.2) is 12.1 Å². The lowest BCUT2D eigenvalue weighted by molar-refractivity contribution is -0.0205. The van der Waals surface area contributed by atoms with E-state index in [2.05, 4.69) is 6.92 Å². The molecule has 1 aromatic carbocycles. The van der Waals surface area contributed by atoms with Gasteiger partial charge in [0.1, 0.15) is 11.6 Å². The Bertz CT molecular complexity index is 642. The van der Waals surface area contributed by atoms with Gasteiger partial charge in [-0.15, -0.1) is 0 Å². The minimum absolute atomic E-state index is 0.147. The van der Waals surface area contributed by atoms with Crippen molar-refractivity contribution in [3.63, 3.8) is 0 Å². The Balaban J connectivity index is 1.30. The maximum absolute atomic E-state index is 13.9. The van der Waals surface area contributed by atoms with Gasteiger partial charge in [0.15, 0.2) is 0 Å². The quantitative estimate of drug-likeness (QED) is 0.529. The van der Waals surface area contributed by atoms with Crippen molar-refractivity contribution < 1.29 is 13.5 Å². The van der Waals surface area contributed by atoms with E-state index in [9.17, 15) is 8.78 Å². The lowest BCUT2D eigenvalue weighted by Crippen LogP contribution is -2.36. The normalized spacial score (nSPS) is 36.1. The van der Waals surface area contributed by atoms with E-state index in [0.29, 0.717) is 12.0 Å². The molecule has 0 aliphatic heterocycles. The molecule has 0 aromatic heterocycles. The van der Waals surface area contributed by atoms with Crippen LogP contribution < -0.4 is 0 Å². The molecule has 3 saturated carbocycles. The summed E-state index contributed by atoms with van der Waals surface area (Å²) in [6.45, 7) is 4.48. The second-order valence-corrected chi connectivity index (χ2v) is 9.70. The van der Waals surface area contributed by atoms with Crippen molar-refractivity contribution in [2.45, 2.75) is 90.1 Å². The zero-order valence-electron chi connectivity index (χ0n) is 17.6. The highest BCUT2D eigenvalue weighted by Gasteiger charge is 2.39. The van der Waals surface area contributed by atoms with Crippen molar-refractivity contribution in [3.05, 3.63) is 34.9 Å². The van der Waals surface area contributed by atoms with Crippen LogP contribution in [0.3, 0.4) is 0 Å². The zero-order valence-corrected chi connectivity index (χ0v) is 17.6. The first-order valence-corrected chi connectivity index (χ1v) is 11.6. The molecule has 4 atom stereocenters. The number of fused-ring (bicyclic) bond motifs is 1. The summed E-state index contributed by atoms with van der Waals surface area (Å²) in [5.74, 6) is 3.04. The van der Waals surface area contributed by atoms with Crippen molar-refractivity contribution in [2.75, 3.05) is 6.61 Å². The molecule has 28 heavy (non-hydrogen) atoms. The van der Waals surface area contributed by atoms with Crippen LogP contribution in [0.4, 0.5) is 8.78 Å². The fraction of sp³-hybridized carbons (Fsp3) is 0.760. The average Bonchev–Trinajstić information content (AvgIpc) is 2.71. The molecule has 0 bridgehead atoms. The molecule has 0 spiro atoms. The number of rotatable bonds is 4. The minimum Gasteiger partial charge on any atom is -0.378 e. The highest BCUT2D eigenvalue weighted by atomic mass is 19.1. The molecule has 4 rings (SSSR count). The first-order chi connectivity index (χ1) is 13.5. The lowest BCUT2D eigenvalue weighted by atomic mass is 9.62. The molecule has 0 amide bonds. The van der Waals surface area contributed by atoms with Gasteiger partial charge in [-0.3, -0.25) is 0 Å². The van der Waals surface area contributed by atoms with E-state index in [1.165, 1.54) is 58.3 Å². The van der Waals surface area contributed by atoms with E-state index in [1.807, 2.05) is 0 Å². The molecule has 0 saturated heterocycles. The Morgan fingerprint density at radius 3 is 1.96 bits per heavy atom. The molecule has 1 nitrogen and oxygen atoms in total. The third-order valence-electron chi connectivity index (χ3n) is 8.22. The first-order valence-electron chi connectivity index (χ1n) is 11.6. The molecular formula is C25H36F2O. The van der Waals surface area contributed by atoms with Gasteiger partial charge in [-0.1, -0.05) is 0 Å². The maximum Gasteiger partial charge on any atom is 0.129 e. The van der Waals surface area contributed by atoms with Crippen LogP contribution in [0, 0.1) is 42.2 Å². The molecule has 0 heterocycles. The van der Waals surface area contributed by atoms with E-state index in [0.717, 1.165) is 48.7 Å². The van der Waals surface area contributed by atoms with Gasteiger partial charge in [-0.05, 0) is 125 Å². The fourth-order valence-corrected chi connectivity index (χ4v) is 6.52. The number of ether oxygens (including phenoxy) is 1. The average molecular weight is 391 g/mol. The molecule has 3 fully saturated rings. The Labute approximate surface area is 169 Å². The summed E-state index contributed by atoms with van der Waals surface area (Å²) in [4.78, 5) is 0. The smallest absolute Gasteiger partial charge is 0.129 e. The molecule has 1 aromatic rings. The van der Waals surface area contributed by atoms with E-state index in [-0.39, 0.29) is 5.56 Å². The van der Waals surface area contributed by atoms with Gasteiger partial charge in [-0.2, -0.15) is 0 Å². The highest BCUT2D eigenvalue weighted by Crippen LogP contribution is 2.49. The minimum atomic E-state index is -0.391. The standard InChI is InChI=1S/C25H36F2O/c1-3-28-23-11-10-20-12-19(8-9-21(20)13-23)17-4-6-18(7-5-17)22-14-24(26)16(2)25(27)15-22/h14-15,17-21,23H,3-13H2,1-2H3. The van der Waals surface area contributed by atoms with Gasteiger partial charge in [0.05, 0.1) is 6.10 Å². The Kier molecular flexibility index (Phi) is 6.40. The molecule has 3 aliphatic carbocycles. The number of hydrogen-bond acceptors (Lipinski definition) is 1. The summed E-state index contributed by atoms with van der Waals surface area (Å²) in [5, 5.41) is 0. The van der Waals surface area contributed by atoms with Crippen LogP contribution in [0.25, 0.3) is 0 Å². The maximum atomic E-state index is 13.9. The summed E-state index contributed by atoms with van der Waals surface area (Å²) in [5.41, 5.74) is 1.02. The predicted molar refractivity (Wildman–Crippen MR) is 109 cm³/mol. The third kappa shape index (κ3) is 4.30. The van der Waals surface area contributed by atoms with Gasteiger partial charge in [0.2, 0.25) is 0 Å². The van der Waals surface area contributed by atoms with E-state index < -0.39 is 11.6 Å². The molecule has 0 N–H and O–H groups in total. The van der Waals surface area contributed by atoms with Crippen molar-refractivity contribution in [2.24, 2.45) is 23.7 Å². The Morgan fingerprint density at radius 2 is 1.32 bits per heavy atom. The second-order valence-electron chi connectivity index (χ2n) is 9.70. The predicted octanol–water partition coefficient (Wildman–Crippen LogP) is 7.17. The van der Waals surface area contributed by atoms with Crippen molar-refractivity contribution in [3.8, 4) is 0 Å². The second kappa shape index (κ2) is 8.81. The molecule has 0 radical (unpaired) electrons. The Morgan fingerprint density at radius 1 is 0.786 bits per heavy atom. The van der Waals surface area contributed by atoms with Gasteiger partial charge in [-0.25, -0.2) is 8.78 Å². The number of benzene rings is 1. The molecule has 3 heteroatoms. The summed E-state index contributed by atoms with van der Waals surface area (Å²) in [6, 6.07) is 3.15. The number of halogens is 2. The molecule has 3 aliphatic rings. The monoisotopic (exact) mass is 390 g/mol. The van der Waals surface area contributed by atoms with Crippen molar-refractivity contribution >= 4 is 0 Å². The number of hydrogen-bond donors (Lipinski definition) is 0. The van der Waals surface area contributed by atoms with Gasteiger partial charge in [0, 0.05) is 12.2 Å². The topological polar surface area (TPSA) is 9.23 Å². The van der Waals surface area contributed by atoms with E-state index in [1.54, 1.807) is 12.1 Å².